The summed E-state index contributed by atoms with van der Waals surface area (Å²) in [4.78, 5) is 10.6. The molecule has 2 atom stereocenters. The van der Waals surface area contributed by atoms with E-state index in [0.717, 1.165) is 32.1 Å². The summed E-state index contributed by atoms with van der Waals surface area (Å²) < 4.78 is 27.5. The molecule has 7 nitrogen and oxygen atoms in total. The minimum atomic E-state index is -3.73. The Labute approximate surface area is 148 Å². The van der Waals surface area contributed by atoms with Crippen LogP contribution < -0.4 is 5.32 Å². The second-order valence-electron chi connectivity index (χ2n) is 7.06. The maximum absolute atomic E-state index is 13.0. The highest BCUT2D eigenvalue weighted by atomic mass is 32.2. The number of nitrogens with zero attached hydrogens (tertiary/aromatic N) is 2. The quantitative estimate of drug-likeness (QED) is 0.636. The van der Waals surface area contributed by atoms with Crippen molar-refractivity contribution in [1.82, 2.24) is 4.31 Å². The van der Waals surface area contributed by atoms with Crippen molar-refractivity contribution < 1.29 is 13.3 Å². The molecule has 1 aliphatic carbocycles. The molecule has 0 radical (unpaired) electrons. The SMILES string of the molecule is CC1CCCCC1Nc1ccc([N+](=O)[O-])cc1S(=O)(=O)N1CCCC1. The van der Waals surface area contributed by atoms with Crippen LogP contribution in [0.1, 0.15) is 45.4 Å². The number of non-ortho nitro benzene ring substituents is 1. The highest BCUT2D eigenvalue weighted by Crippen LogP contribution is 2.34. The fraction of sp³-hybridized carbons (Fsp3) is 0.647. The van der Waals surface area contributed by atoms with Crippen molar-refractivity contribution in [2.75, 3.05) is 18.4 Å². The van der Waals surface area contributed by atoms with E-state index >= 15 is 0 Å². The summed E-state index contributed by atoms with van der Waals surface area (Å²) in [5.41, 5.74) is 0.288. The first kappa shape index (κ1) is 18.1. The van der Waals surface area contributed by atoms with Crippen LogP contribution in [-0.2, 0) is 10.0 Å². The van der Waals surface area contributed by atoms with Crippen molar-refractivity contribution in [2.24, 2.45) is 5.92 Å². The van der Waals surface area contributed by atoms with Crippen LogP contribution in [0.5, 0.6) is 0 Å². The number of sulfonamides is 1. The van der Waals surface area contributed by atoms with Gasteiger partial charge in [0.25, 0.3) is 5.69 Å². The summed E-state index contributed by atoms with van der Waals surface area (Å²) >= 11 is 0. The van der Waals surface area contributed by atoms with Crippen molar-refractivity contribution >= 4 is 21.4 Å². The lowest BCUT2D eigenvalue weighted by atomic mass is 9.86. The smallest absolute Gasteiger partial charge is 0.270 e. The summed E-state index contributed by atoms with van der Waals surface area (Å²) in [5, 5.41) is 14.5. The van der Waals surface area contributed by atoms with Crippen LogP contribution in [0.4, 0.5) is 11.4 Å². The molecule has 1 aliphatic heterocycles. The second-order valence-corrected chi connectivity index (χ2v) is 8.97. The summed E-state index contributed by atoms with van der Waals surface area (Å²) in [6, 6.07) is 4.31. The molecule has 0 bridgehead atoms. The Hall–Kier alpha value is -1.67. The average Bonchev–Trinajstić information content (AvgIpc) is 3.12. The normalized spacial score (nSPS) is 25.0. The van der Waals surface area contributed by atoms with Gasteiger partial charge in [-0.05, 0) is 37.7 Å². The molecule has 0 aromatic heterocycles. The third-order valence-corrected chi connectivity index (χ3v) is 7.25. The van der Waals surface area contributed by atoms with E-state index in [0.29, 0.717) is 24.7 Å². The first-order chi connectivity index (χ1) is 11.9. The number of nitro groups is 1. The Balaban J connectivity index is 1.98. The zero-order valence-corrected chi connectivity index (χ0v) is 15.3. The van der Waals surface area contributed by atoms with Gasteiger partial charge in [-0.2, -0.15) is 4.31 Å². The first-order valence-electron chi connectivity index (χ1n) is 8.95. The van der Waals surface area contributed by atoms with E-state index in [1.165, 1.54) is 22.9 Å². The molecular formula is C17H25N3O4S. The van der Waals surface area contributed by atoms with Gasteiger partial charge in [-0.25, -0.2) is 8.42 Å². The van der Waals surface area contributed by atoms with Crippen LogP contribution >= 0.6 is 0 Å². The molecule has 2 fully saturated rings. The molecule has 1 aromatic rings. The van der Waals surface area contributed by atoms with Crippen LogP contribution in [0.25, 0.3) is 0 Å². The molecule has 2 unspecified atom stereocenters. The van der Waals surface area contributed by atoms with Crippen molar-refractivity contribution in [1.29, 1.82) is 0 Å². The molecule has 1 saturated carbocycles. The molecule has 0 spiro atoms. The number of nitro benzene ring substituents is 1. The fourth-order valence-corrected chi connectivity index (χ4v) is 5.45. The molecule has 1 saturated heterocycles. The van der Waals surface area contributed by atoms with E-state index < -0.39 is 14.9 Å². The first-order valence-corrected chi connectivity index (χ1v) is 10.4. The van der Waals surface area contributed by atoms with Gasteiger partial charge >= 0.3 is 0 Å². The van der Waals surface area contributed by atoms with Gasteiger partial charge in [0.1, 0.15) is 4.90 Å². The number of benzene rings is 1. The van der Waals surface area contributed by atoms with E-state index in [2.05, 4.69) is 12.2 Å². The zero-order chi connectivity index (χ0) is 18.0. The molecule has 25 heavy (non-hydrogen) atoms. The lowest BCUT2D eigenvalue weighted by Gasteiger charge is -2.31. The Morgan fingerprint density at radius 3 is 2.48 bits per heavy atom. The molecule has 0 amide bonds. The number of hydrogen-bond donors (Lipinski definition) is 1. The monoisotopic (exact) mass is 367 g/mol. The summed E-state index contributed by atoms with van der Waals surface area (Å²) in [7, 11) is -3.73. The summed E-state index contributed by atoms with van der Waals surface area (Å²) in [6.45, 7) is 3.12. The van der Waals surface area contributed by atoms with Crippen LogP contribution in [0, 0.1) is 16.0 Å². The Bertz CT molecular complexity index is 744. The van der Waals surface area contributed by atoms with Gasteiger partial charge in [0.05, 0.1) is 10.6 Å². The largest absolute Gasteiger partial charge is 0.381 e. The van der Waals surface area contributed by atoms with Gasteiger partial charge in [0.15, 0.2) is 0 Å². The van der Waals surface area contributed by atoms with Crippen molar-refractivity contribution in [3.8, 4) is 0 Å². The van der Waals surface area contributed by atoms with Crippen LogP contribution in [0.3, 0.4) is 0 Å². The number of rotatable bonds is 5. The van der Waals surface area contributed by atoms with Crippen LogP contribution in [-0.4, -0.2) is 36.8 Å². The van der Waals surface area contributed by atoms with E-state index in [-0.39, 0.29) is 16.6 Å². The fourth-order valence-electron chi connectivity index (χ4n) is 3.76. The lowest BCUT2D eigenvalue weighted by molar-refractivity contribution is -0.385. The van der Waals surface area contributed by atoms with E-state index in [4.69, 9.17) is 0 Å². The van der Waals surface area contributed by atoms with E-state index in [1.807, 2.05) is 0 Å². The molecule has 2 aliphatic rings. The predicted molar refractivity (Wildman–Crippen MR) is 96.1 cm³/mol. The molecule has 1 aromatic carbocycles. The molecular weight excluding hydrogens is 342 g/mol. The Morgan fingerprint density at radius 1 is 1.16 bits per heavy atom. The molecule has 8 heteroatoms. The number of hydrogen-bond acceptors (Lipinski definition) is 5. The van der Waals surface area contributed by atoms with Crippen LogP contribution in [0.15, 0.2) is 23.1 Å². The van der Waals surface area contributed by atoms with Gasteiger partial charge in [-0.15, -0.1) is 0 Å². The maximum atomic E-state index is 13.0. The Morgan fingerprint density at radius 2 is 1.84 bits per heavy atom. The number of nitrogens with one attached hydrogen (secondary N) is 1. The Kier molecular flexibility index (Phi) is 5.29. The van der Waals surface area contributed by atoms with Gasteiger partial charge in [0.2, 0.25) is 10.0 Å². The third kappa shape index (κ3) is 3.79. The average molecular weight is 367 g/mol. The van der Waals surface area contributed by atoms with Gasteiger partial charge < -0.3 is 5.32 Å². The summed E-state index contributed by atoms with van der Waals surface area (Å²) in [6.07, 6.45) is 6.06. The minimum absolute atomic E-state index is 0.0290. The van der Waals surface area contributed by atoms with Crippen molar-refractivity contribution in [2.45, 2.75) is 56.4 Å². The number of anilines is 1. The van der Waals surface area contributed by atoms with E-state index in [9.17, 15) is 18.5 Å². The maximum Gasteiger partial charge on any atom is 0.270 e. The van der Waals surface area contributed by atoms with Crippen LogP contribution in [0.2, 0.25) is 0 Å². The standard InChI is InChI=1S/C17H25N3O4S/c1-13-6-2-3-7-15(13)18-16-9-8-14(20(21)22)12-17(16)25(23,24)19-10-4-5-11-19/h8-9,12-13,15,18H,2-7,10-11H2,1H3. The topological polar surface area (TPSA) is 92.5 Å². The molecule has 1 heterocycles. The zero-order valence-electron chi connectivity index (χ0n) is 14.5. The third-order valence-electron chi connectivity index (χ3n) is 5.31. The van der Waals surface area contributed by atoms with Gasteiger partial charge in [-0.3, -0.25) is 10.1 Å². The van der Waals surface area contributed by atoms with E-state index in [1.54, 1.807) is 6.07 Å². The van der Waals surface area contributed by atoms with Gasteiger partial charge in [-0.1, -0.05) is 19.8 Å². The van der Waals surface area contributed by atoms with Crippen molar-refractivity contribution in [3.63, 3.8) is 0 Å². The second kappa shape index (κ2) is 7.29. The lowest BCUT2D eigenvalue weighted by Crippen LogP contribution is -2.33. The van der Waals surface area contributed by atoms with Crippen molar-refractivity contribution in [3.05, 3.63) is 28.3 Å². The molecule has 1 N–H and O–H groups in total. The minimum Gasteiger partial charge on any atom is -0.381 e. The van der Waals surface area contributed by atoms with Gasteiger partial charge in [0, 0.05) is 31.3 Å². The summed E-state index contributed by atoms with van der Waals surface area (Å²) in [5.74, 6) is 0.450. The highest BCUT2D eigenvalue weighted by Gasteiger charge is 2.32. The highest BCUT2D eigenvalue weighted by molar-refractivity contribution is 7.89. The predicted octanol–water partition coefficient (Wildman–Crippen LogP) is 3.37. The molecule has 3 rings (SSSR count). The molecule has 138 valence electrons.